The minimum atomic E-state index is -0.128. The molecule has 5 heteroatoms. The Morgan fingerprint density at radius 2 is 2.32 bits per heavy atom. The van der Waals surface area contributed by atoms with E-state index in [1.165, 1.54) is 18.5 Å². The molecule has 1 aliphatic heterocycles. The van der Waals surface area contributed by atoms with Gasteiger partial charge in [0.05, 0.1) is 11.4 Å². The first-order chi connectivity index (χ1) is 9.20. The van der Waals surface area contributed by atoms with Crippen LogP contribution in [0.15, 0.2) is 12.1 Å². The van der Waals surface area contributed by atoms with Crippen molar-refractivity contribution in [2.75, 3.05) is 25.0 Å². The van der Waals surface area contributed by atoms with Crippen LogP contribution in [0.4, 0.5) is 5.69 Å². The number of aryl methyl sites for hydroxylation is 1. The second kappa shape index (κ2) is 4.81. The number of hydrogen-bond donors (Lipinski definition) is 2. The number of nitrogens with one attached hydrogen (secondary N) is 2. The van der Waals surface area contributed by atoms with E-state index in [2.05, 4.69) is 20.5 Å². The number of carbonyl (C=O) groups is 1. The summed E-state index contributed by atoms with van der Waals surface area (Å²) in [5, 5.41) is 6.16. The highest BCUT2D eigenvalue weighted by molar-refractivity contribution is 5.92. The Bertz CT molecular complexity index is 502. The molecule has 102 valence electrons. The zero-order valence-electron chi connectivity index (χ0n) is 11.4. The standard InChI is InChI=1S/C14H20N4O/c1-9-12(5-4-11(17-9)14(19)15-2)18-8-7-16-10-3-6-13(10)18/h4-5,10,13,16H,3,6-8H2,1-2H3,(H,15,19). The smallest absolute Gasteiger partial charge is 0.269 e. The average molecular weight is 260 g/mol. The molecular weight excluding hydrogens is 240 g/mol. The van der Waals surface area contributed by atoms with Crippen molar-refractivity contribution in [3.05, 3.63) is 23.5 Å². The summed E-state index contributed by atoms with van der Waals surface area (Å²) >= 11 is 0. The van der Waals surface area contributed by atoms with Crippen molar-refractivity contribution in [2.45, 2.75) is 31.8 Å². The molecule has 19 heavy (non-hydrogen) atoms. The van der Waals surface area contributed by atoms with Gasteiger partial charge in [0.25, 0.3) is 5.91 Å². The molecule has 2 N–H and O–H groups in total. The Morgan fingerprint density at radius 1 is 1.47 bits per heavy atom. The minimum Gasteiger partial charge on any atom is -0.364 e. The van der Waals surface area contributed by atoms with Crippen molar-refractivity contribution in [3.63, 3.8) is 0 Å². The number of anilines is 1. The zero-order valence-corrected chi connectivity index (χ0v) is 11.4. The molecule has 1 aromatic heterocycles. The molecule has 0 bridgehead atoms. The van der Waals surface area contributed by atoms with Crippen molar-refractivity contribution in [1.29, 1.82) is 0 Å². The quantitative estimate of drug-likeness (QED) is 0.821. The minimum absolute atomic E-state index is 0.128. The molecule has 0 aromatic carbocycles. The van der Waals surface area contributed by atoms with E-state index in [0.29, 0.717) is 17.8 Å². The molecule has 0 radical (unpaired) electrons. The van der Waals surface area contributed by atoms with Gasteiger partial charge in [0.15, 0.2) is 0 Å². The summed E-state index contributed by atoms with van der Waals surface area (Å²) < 4.78 is 0. The number of rotatable bonds is 2. The summed E-state index contributed by atoms with van der Waals surface area (Å²) in [5.74, 6) is -0.128. The summed E-state index contributed by atoms with van der Waals surface area (Å²) in [4.78, 5) is 18.5. The van der Waals surface area contributed by atoms with Crippen LogP contribution in [0.25, 0.3) is 0 Å². The van der Waals surface area contributed by atoms with Crippen LogP contribution in [-0.4, -0.2) is 43.1 Å². The normalized spacial score (nSPS) is 25.5. The predicted molar refractivity (Wildman–Crippen MR) is 74.5 cm³/mol. The van der Waals surface area contributed by atoms with Crippen molar-refractivity contribution >= 4 is 11.6 Å². The van der Waals surface area contributed by atoms with E-state index >= 15 is 0 Å². The fourth-order valence-electron chi connectivity index (χ4n) is 3.04. The SMILES string of the molecule is CNC(=O)c1ccc(N2CCNC3CCC32)c(C)n1. The first-order valence-corrected chi connectivity index (χ1v) is 6.90. The van der Waals surface area contributed by atoms with Gasteiger partial charge < -0.3 is 15.5 Å². The van der Waals surface area contributed by atoms with Crippen molar-refractivity contribution in [2.24, 2.45) is 0 Å². The lowest BCUT2D eigenvalue weighted by Gasteiger charge is -2.50. The first-order valence-electron chi connectivity index (χ1n) is 6.90. The van der Waals surface area contributed by atoms with Crippen LogP contribution in [-0.2, 0) is 0 Å². The third-order valence-corrected chi connectivity index (χ3v) is 4.22. The maximum absolute atomic E-state index is 11.6. The number of pyridine rings is 1. The molecule has 1 amide bonds. The van der Waals surface area contributed by atoms with E-state index in [0.717, 1.165) is 18.8 Å². The van der Waals surface area contributed by atoms with Gasteiger partial charge in [0.2, 0.25) is 0 Å². The molecule has 1 saturated heterocycles. The van der Waals surface area contributed by atoms with Crippen LogP contribution in [0, 0.1) is 6.92 Å². The second-order valence-corrected chi connectivity index (χ2v) is 5.28. The van der Waals surface area contributed by atoms with E-state index in [-0.39, 0.29) is 5.91 Å². The predicted octanol–water partition coefficient (Wildman–Crippen LogP) is 0.690. The Balaban J connectivity index is 1.86. The number of hydrogen-bond acceptors (Lipinski definition) is 4. The molecule has 3 rings (SSSR count). The first kappa shape index (κ1) is 12.4. The summed E-state index contributed by atoms with van der Waals surface area (Å²) in [6.07, 6.45) is 2.51. The molecule has 5 nitrogen and oxygen atoms in total. The van der Waals surface area contributed by atoms with E-state index in [4.69, 9.17) is 0 Å². The Hall–Kier alpha value is -1.62. The molecule has 2 heterocycles. The molecule has 1 saturated carbocycles. The van der Waals surface area contributed by atoms with E-state index < -0.39 is 0 Å². The maximum atomic E-state index is 11.6. The van der Waals surface area contributed by atoms with Crippen LogP contribution in [0.1, 0.15) is 29.0 Å². The van der Waals surface area contributed by atoms with Crippen LogP contribution in [0.2, 0.25) is 0 Å². The highest BCUT2D eigenvalue weighted by atomic mass is 16.1. The van der Waals surface area contributed by atoms with Gasteiger partial charge in [0, 0.05) is 32.2 Å². The highest BCUT2D eigenvalue weighted by Gasteiger charge is 2.38. The van der Waals surface area contributed by atoms with Gasteiger partial charge in [-0.25, -0.2) is 4.98 Å². The molecule has 2 fully saturated rings. The topological polar surface area (TPSA) is 57.3 Å². The molecule has 0 spiro atoms. The molecule has 1 aliphatic carbocycles. The summed E-state index contributed by atoms with van der Waals surface area (Å²) in [6, 6.07) is 5.08. The van der Waals surface area contributed by atoms with Crippen molar-refractivity contribution in [1.82, 2.24) is 15.6 Å². The van der Waals surface area contributed by atoms with E-state index in [1.54, 1.807) is 7.05 Å². The van der Waals surface area contributed by atoms with Gasteiger partial charge in [-0.15, -0.1) is 0 Å². The Labute approximate surface area is 113 Å². The van der Waals surface area contributed by atoms with E-state index in [1.807, 2.05) is 19.1 Å². The van der Waals surface area contributed by atoms with Crippen LogP contribution in [0.5, 0.6) is 0 Å². The van der Waals surface area contributed by atoms with Gasteiger partial charge in [-0.3, -0.25) is 4.79 Å². The van der Waals surface area contributed by atoms with Gasteiger partial charge in [-0.2, -0.15) is 0 Å². The molecule has 1 aromatic rings. The number of carbonyl (C=O) groups excluding carboxylic acids is 1. The van der Waals surface area contributed by atoms with Gasteiger partial charge in [-0.1, -0.05) is 0 Å². The van der Waals surface area contributed by atoms with Crippen LogP contribution >= 0.6 is 0 Å². The van der Waals surface area contributed by atoms with Crippen LogP contribution < -0.4 is 15.5 Å². The Kier molecular flexibility index (Phi) is 3.14. The Morgan fingerprint density at radius 3 is 2.95 bits per heavy atom. The van der Waals surface area contributed by atoms with Gasteiger partial charge >= 0.3 is 0 Å². The fraction of sp³-hybridized carbons (Fsp3) is 0.571. The lowest BCUT2D eigenvalue weighted by molar-refractivity contribution is 0.0958. The second-order valence-electron chi connectivity index (χ2n) is 5.28. The lowest BCUT2D eigenvalue weighted by atomic mass is 9.83. The highest BCUT2D eigenvalue weighted by Crippen LogP contribution is 2.33. The number of aromatic nitrogens is 1. The third-order valence-electron chi connectivity index (χ3n) is 4.22. The fourth-order valence-corrected chi connectivity index (χ4v) is 3.04. The van der Waals surface area contributed by atoms with Crippen LogP contribution in [0.3, 0.4) is 0 Å². The van der Waals surface area contributed by atoms with Gasteiger partial charge in [-0.05, 0) is 31.9 Å². The number of nitrogens with zero attached hydrogens (tertiary/aromatic N) is 2. The molecular formula is C14H20N4O. The van der Waals surface area contributed by atoms with Crippen molar-refractivity contribution in [3.8, 4) is 0 Å². The number of piperazine rings is 1. The summed E-state index contributed by atoms with van der Waals surface area (Å²) in [6.45, 7) is 4.03. The number of amides is 1. The van der Waals surface area contributed by atoms with Crippen molar-refractivity contribution < 1.29 is 4.79 Å². The zero-order chi connectivity index (χ0) is 13.4. The maximum Gasteiger partial charge on any atom is 0.269 e. The lowest BCUT2D eigenvalue weighted by Crippen LogP contribution is -2.63. The summed E-state index contributed by atoms with van der Waals surface area (Å²) in [7, 11) is 1.63. The summed E-state index contributed by atoms with van der Waals surface area (Å²) in [5.41, 5.74) is 2.60. The van der Waals surface area contributed by atoms with Gasteiger partial charge in [0.1, 0.15) is 5.69 Å². The average Bonchev–Trinajstić information content (AvgIpc) is 2.39. The van der Waals surface area contributed by atoms with E-state index in [9.17, 15) is 4.79 Å². The monoisotopic (exact) mass is 260 g/mol. The molecule has 2 unspecified atom stereocenters. The number of fused-ring (bicyclic) bond motifs is 1. The largest absolute Gasteiger partial charge is 0.364 e. The molecule has 2 atom stereocenters. The third kappa shape index (κ3) is 2.08. The molecule has 2 aliphatic rings.